The lowest BCUT2D eigenvalue weighted by atomic mass is 9.91. The second kappa shape index (κ2) is 11.7. The van der Waals surface area contributed by atoms with Crippen LogP contribution < -0.4 is 11.5 Å². The van der Waals surface area contributed by atoms with Crippen LogP contribution in [0, 0.1) is 0 Å². The van der Waals surface area contributed by atoms with Gasteiger partial charge in [-0.05, 0) is 24.3 Å². The third kappa shape index (κ3) is 4.79. The first-order valence-electron chi connectivity index (χ1n) is 12.9. The topological polar surface area (TPSA) is 252 Å². The van der Waals surface area contributed by atoms with Crippen LogP contribution in [0.25, 0.3) is 16.6 Å². The molecule has 2 unspecified atom stereocenters. The van der Waals surface area contributed by atoms with Gasteiger partial charge in [0.15, 0.2) is 17.2 Å². The molecule has 0 aromatic carbocycles. The van der Waals surface area contributed by atoms with Crippen LogP contribution >= 0.6 is 0 Å². The van der Waals surface area contributed by atoms with E-state index in [2.05, 4.69) is 26.7 Å². The number of hydrogen-bond acceptors (Lipinski definition) is 14. The predicted molar refractivity (Wildman–Crippen MR) is 147 cm³/mol. The van der Waals surface area contributed by atoms with Crippen molar-refractivity contribution >= 4 is 28.2 Å². The molecule has 4 aromatic rings. The standard InChI is InChI=1S/2C13H16N4O4/c1-2-13(11(20)10(19)8(5-18)21-13)9-4-3-7-12(14)15-6-16-17(7)9;14-13-9-2-1-8(17(9)16-6-15-13)7-3-4-21-12(11(7)20)10(19)5-18/h2-4,6,8,10-11,18-20H,1,5H2,(H2,14,15,16);1-3,6,10-12,18-20H,4-5H2,(H2,14,15,16)/t8-,10?,11+,13+;10?,11-,12+/m10/s1. The lowest BCUT2D eigenvalue weighted by molar-refractivity contribution is -0.0948. The van der Waals surface area contributed by atoms with Crippen LogP contribution in [0.15, 0.2) is 55.7 Å². The van der Waals surface area contributed by atoms with Crippen LogP contribution in [-0.2, 0) is 15.1 Å². The summed E-state index contributed by atoms with van der Waals surface area (Å²) in [4.78, 5) is 7.80. The molecule has 16 nitrogen and oxygen atoms in total. The van der Waals surface area contributed by atoms with Gasteiger partial charge in [-0.3, -0.25) is 0 Å². The number of ether oxygens (including phenoxy) is 2. The van der Waals surface area contributed by atoms with Gasteiger partial charge in [0, 0.05) is 5.57 Å². The molecule has 2 aliphatic rings. The molecule has 0 bridgehead atoms. The van der Waals surface area contributed by atoms with Gasteiger partial charge in [0.2, 0.25) is 0 Å². The molecule has 6 heterocycles. The fourth-order valence-electron chi connectivity index (χ4n) is 5.22. The van der Waals surface area contributed by atoms with Crippen molar-refractivity contribution in [1.29, 1.82) is 0 Å². The second-order valence-corrected chi connectivity index (χ2v) is 9.75. The molecule has 4 aromatic heterocycles. The van der Waals surface area contributed by atoms with Crippen LogP contribution in [0.4, 0.5) is 11.6 Å². The van der Waals surface area contributed by atoms with Crippen LogP contribution in [0.5, 0.6) is 0 Å². The highest BCUT2D eigenvalue weighted by Crippen LogP contribution is 2.41. The molecule has 0 aliphatic carbocycles. The number of hydrogen-bond donors (Lipinski definition) is 8. The molecule has 6 rings (SSSR count). The van der Waals surface area contributed by atoms with E-state index in [4.69, 9.17) is 26.0 Å². The minimum Gasteiger partial charge on any atom is -0.394 e. The van der Waals surface area contributed by atoms with Gasteiger partial charge in [0.25, 0.3) is 0 Å². The van der Waals surface area contributed by atoms with Gasteiger partial charge >= 0.3 is 0 Å². The number of aromatic nitrogens is 6. The van der Waals surface area contributed by atoms with E-state index in [9.17, 15) is 25.5 Å². The number of anilines is 2. The fourth-order valence-corrected chi connectivity index (χ4v) is 5.22. The van der Waals surface area contributed by atoms with Crippen LogP contribution in [0.3, 0.4) is 0 Å². The third-order valence-corrected chi connectivity index (χ3v) is 7.42. The second-order valence-electron chi connectivity index (χ2n) is 9.75. The third-order valence-electron chi connectivity index (χ3n) is 7.42. The molecule has 1 saturated heterocycles. The van der Waals surface area contributed by atoms with Gasteiger partial charge < -0.3 is 51.6 Å². The van der Waals surface area contributed by atoms with E-state index in [0.717, 1.165) is 0 Å². The first kappa shape index (κ1) is 29.5. The molecular weight excluding hydrogens is 552 g/mol. The van der Waals surface area contributed by atoms with Gasteiger partial charge in [-0.2, -0.15) is 10.2 Å². The molecule has 7 atom stereocenters. The summed E-state index contributed by atoms with van der Waals surface area (Å²) in [6.45, 7) is 3.00. The van der Waals surface area contributed by atoms with Crippen molar-refractivity contribution in [3.05, 3.63) is 67.0 Å². The SMILES string of the molecule is C=C[C@@]1(c2ccc3c(N)ncnn23)O[C@H](CO)C(O)[C@@H]1O.Nc1ncnn2c(C3=CCO[C@H](C(O)CO)[C@H]3O)ccc12. The number of nitrogens with zero attached hydrogens (tertiary/aromatic N) is 6. The minimum absolute atomic E-state index is 0.224. The minimum atomic E-state index is -1.39. The molecule has 0 radical (unpaired) electrons. The zero-order chi connectivity index (χ0) is 30.2. The highest BCUT2D eigenvalue weighted by atomic mass is 16.6. The Morgan fingerprint density at radius 1 is 1.02 bits per heavy atom. The van der Waals surface area contributed by atoms with Crippen molar-refractivity contribution in [2.24, 2.45) is 0 Å². The smallest absolute Gasteiger partial charge is 0.157 e. The first-order valence-corrected chi connectivity index (χ1v) is 12.9. The summed E-state index contributed by atoms with van der Waals surface area (Å²) in [6.07, 6.45) is -0.851. The average Bonchev–Trinajstić information content (AvgIpc) is 3.70. The average molecular weight is 585 g/mol. The van der Waals surface area contributed by atoms with Crippen molar-refractivity contribution in [1.82, 2.24) is 29.2 Å². The van der Waals surface area contributed by atoms with E-state index in [1.807, 2.05) is 0 Å². The maximum Gasteiger partial charge on any atom is 0.157 e. The van der Waals surface area contributed by atoms with Crippen molar-refractivity contribution in [2.75, 3.05) is 31.3 Å². The van der Waals surface area contributed by atoms with Gasteiger partial charge in [0.1, 0.15) is 60.3 Å². The van der Waals surface area contributed by atoms with E-state index in [-0.39, 0.29) is 12.4 Å². The number of rotatable bonds is 6. The largest absolute Gasteiger partial charge is 0.394 e. The van der Waals surface area contributed by atoms with Gasteiger partial charge in [-0.1, -0.05) is 18.7 Å². The number of aliphatic hydroxyl groups excluding tert-OH is 6. The van der Waals surface area contributed by atoms with Crippen molar-refractivity contribution in [3.8, 4) is 0 Å². The highest BCUT2D eigenvalue weighted by molar-refractivity contribution is 5.75. The van der Waals surface area contributed by atoms with Gasteiger partial charge in [-0.15, -0.1) is 0 Å². The van der Waals surface area contributed by atoms with Crippen molar-refractivity contribution in [2.45, 2.75) is 42.2 Å². The highest BCUT2D eigenvalue weighted by Gasteiger charge is 2.54. The fraction of sp³-hybridized carbons (Fsp3) is 0.385. The normalized spacial score (nSPS) is 28.3. The van der Waals surface area contributed by atoms with E-state index in [1.54, 1.807) is 34.9 Å². The molecule has 224 valence electrons. The maximum absolute atomic E-state index is 10.4. The van der Waals surface area contributed by atoms with Crippen LogP contribution in [0.2, 0.25) is 0 Å². The quantitative estimate of drug-likeness (QED) is 0.110. The van der Waals surface area contributed by atoms with E-state index in [1.165, 1.54) is 23.2 Å². The number of nitrogen functional groups attached to an aromatic ring is 2. The van der Waals surface area contributed by atoms with Crippen molar-refractivity contribution < 1.29 is 40.1 Å². The molecular formula is C26H32N8O8. The Kier molecular flexibility index (Phi) is 8.22. The monoisotopic (exact) mass is 584 g/mol. The van der Waals surface area contributed by atoms with Crippen LogP contribution in [0.1, 0.15) is 11.4 Å². The molecule has 0 saturated carbocycles. The lowest BCUT2D eigenvalue weighted by Gasteiger charge is -2.31. The summed E-state index contributed by atoms with van der Waals surface area (Å²) < 4.78 is 14.0. The Bertz CT molecular complexity index is 1610. The predicted octanol–water partition coefficient (Wildman–Crippen LogP) is -2.39. The lowest BCUT2D eigenvalue weighted by Crippen LogP contribution is -2.44. The summed E-state index contributed by atoms with van der Waals surface area (Å²) in [5.74, 6) is 0.618. The Hall–Kier alpha value is -4.00. The number of aliphatic hydroxyl groups is 6. The van der Waals surface area contributed by atoms with E-state index < -0.39 is 55.4 Å². The van der Waals surface area contributed by atoms with Gasteiger partial charge in [0.05, 0.1) is 31.2 Å². The Labute approximate surface area is 238 Å². The molecule has 0 amide bonds. The first-order chi connectivity index (χ1) is 20.2. The van der Waals surface area contributed by atoms with Crippen molar-refractivity contribution in [3.63, 3.8) is 0 Å². The van der Waals surface area contributed by atoms with E-state index in [0.29, 0.717) is 33.8 Å². The summed E-state index contributed by atoms with van der Waals surface area (Å²) in [5, 5.41) is 67.0. The zero-order valence-corrected chi connectivity index (χ0v) is 22.2. The summed E-state index contributed by atoms with van der Waals surface area (Å²) >= 11 is 0. The Morgan fingerprint density at radius 3 is 2.29 bits per heavy atom. The Balaban J connectivity index is 0.000000168. The summed E-state index contributed by atoms with van der Waals surface area (Å²) in [6, 6.07) is 6.87. The number of nitrogens with two attached hydrogens (primary N) is 2. The molecule has 42 heavy (non-hydrogen) atoms. The summed E-state index contributed by atoms with van der Waals surface area (Å²) in [7, 11) is 0. The van der Waals surface area contributed by atoms with Crippen LogP contribution in [-0.4, -0.2) is 116 Å². The molecule has 0 spiro atoms. The Morgan fingerprint density at radius 2 is 1.67 bits per heavy atom. The molecule has 16 heteroatoms. The maximum atomic E-state index is 10.4. The zero-order valence-electron chi connectivity index (χ0n) is 22.2. The number of fused-ring (bicyclic) bond motifs is 2. The molecule has 1 fully saturated rings. The van der Waals surface area contributed by atoms with Gasteiger partial charge in [-0.25, -0.2) is 19.0 Å². The summed E-state index contributed by atoms with van der Waals surface area (Å²) in [5.41, 5.74) is 13.0. The van der Waals surface area contributed by atoms with E-state index >= 15 is 0 Å². The molecule has 2 aliphatic heterocycles. The molecule has 10 N–H and O–H groups in total.